The van der Waals surface area contributed by atoms with Crippen LogP contribution >= 0.6 is 0 Å². The second kappa shape index (κ2) is 6.52. The Bertz CT molecular complexity index is 442. The molecular weight excluding hydrogens is 242 g/mol. The van der Waals surface area contributed by atoms with Gasteiger partial charge < -0.3 is 15.3 Å². The maximum absolute atomic E-state index is 11.1. The molecule has 1 aliphatic rings. The van der Waals surface area contributed by atoms with Gasteiger partial charge in [0.1, 0.15) is 11.4 Å². The predicted octanol–water partition coefficient (Wildman–Crippen LogP) is 1.99. The third-order valence-corrected chi connectivity index (χ3v) is 3.43. The summed E-state index contributed by atoms with van der Waals surface area (Å²) in [6.07, 6.45) is 3.86. The van der Waals surface area contributed by atoms with Gasteiger partial charge >= 0.3 is 5.97 Å². The smallest absolute Gasteiger partial charge is 0.339 e. The van der Waals surface area contributed by atoms with Gasteiger partial charge in [0.25, 0.3) is 0 Å². The number of carbonyl (C=O) groups is 1. The molecule has 0 amide bonds. The normalized spacial score (nSPS) is 16.3. The summed E-state index contributed by atoms with van der Waals surface area (Å²) in [5.74, 6) is -0.461. The summed E-state index contributed by atoms with van der Waals surface area (Å²) in [7, 11) is 0. The lowest BCUT2D eigenvalue weighted by Gasteiger charge is -2.26. The van der Waals surface area contributed by atoms with Crippen molar-refractivity contribution in [1.82, 2.24) is 9.88 Å². The molecule has 2 N–H and O–H groups in total. The molecule has 0 aliphatic carbocycles. The van der Waals surface area contributed by atoms with Crippen molar-refractivity contribution < 1.29 is 9.90 Å². The molecule has 19 heavy (non-hydrogen) atoms. The highest BCUT2D eigenvalue weighted by atomic mass is 16.4. The van der Waals surface area contributed by atoms with Crippen molar-refractivity contribution in [2.24, 2.45) is 0 Å². The fraction of sp³-hybridized carbons (Fsp3) is 0.571. The maximum atomic E-state index is 11.1. The van der Waals surface area contributed by atoms with E-state index in [0.717, 1.165) is 31.9 Å². The van der Waals surface area contributed by atoms with Gasteiger partial charge in [0, 0.05) is 18.8 Å². The fourth-order valence-electron chi connectivity index (χ4n) is 2.38. The second-order valence-electron chi connectivity index (χ2n) is 4.98. The lowest BCUT2D eigenvalue weighted by molar-refractivity contribution is 0.0697. The average Bonchev–Trinajstić information content (AvgIpc) is 2.39. The van der Waals surface area contributed by atoms with Crippen LogP contribution in [0.1, 0.15) is 35.3 Å². The molecule has 104 valence electrons. The van der Waals surface area contributed by atoms with Gasteiger partial charge in [-0.3, -0.25) is 0 Å². The van der Waals surface area contributed by atoms with Crippen LogP contribution in [0.25, 0.3) is 0 Å². The van der Waals surface area contributed by atoms with Crippen molar-refractivity contribution in [3.63, 3.8) is 0 Å². The molecule has 0 saturated carbocycles. The van der Waals surface area contributed by atoms with Gasteiger partial charge in [-0.15, -0.1) is 0 Å². The molecule has 0 bridgehead atoms. The number of piperidine rings is 1. The van der Waals surface area contributed by atoms with Crippen LogP contribution in [-0.2, 0) is 0 Å². The molecule has 1 aliphatic heterocycles. The Morgan fingerprint density at radius 2 is 2.11 bits per heavy atom. The Balaban J connectivity index is 1.91. The minimum absolute atomic E-state index is 0.240. The summed E-state index contributed by atoms with van der Waals surface area (Å²) in [5.41, 5.74) is 1.06. The van der Waals surface area contributed by atoms with Crippen LogP contribution in [0.3, 0.4) is 0 Å². The van der Waals surface area contributed by atoms with Gasteiger partial charge in [0.2, 0.25) is 0 Å². The van der Waals surface area contributed by atoms with E-state index in [9.17, 15) is 4.79 Å². The zero-order valence-corrected chi connectivity index (χ0v) is 11.4. The van der Waals surface area contributed by atoms with Gasteiger partial charge in [-0.05, 0) is 45.0 Å². The Labute approximate surface area is 113 Å². The fourth-order valence-corrected chi connectivity index (χ4v) is 2.38. The highest BCUT2D eigenvalue weighted by Gasteiger charge is 2.13. The van der Waals surface area contributed by atoms with Gasteiger partial charge in [-0.25, -0.2) is 9.78 Å². The van der Waals surface area contributed by atoms with Crippen LogP contribution in [0.2, 0.25) is 0 Å². The molecule has 5 heteroatoms. The number of carboxylic acid groups (broad SMARTS) is 1. The first-order valence-corrected chi connectivity index (χ1v) is 6.84. The summed E-state index contributed by atoms with van der Waals surface area (Å²) in [5, 5.41) is 12.3. The van der Waals surface area contributed by atoms with E-state index in [2.05, 4.69) is 15.2 Å². The summed E-state index contributed by atoms with van der Waals surface area (Å²) in [4.78, 5) is 17.8. The topological polar surface area (TPSA) is 65.5 Å². The van der Waals surface area contributed by atoms with Crippen LogP contribution in [0.4, 0.5) is 5.82 Å². The number of aryl methyl sites for hydroxylation is 1. The number of pyridine rings is 1. The van der Waals surface area contributed by atoms with E-state index in [1.807, 2.05) is 6.92 Å². The maximum Gasteiger partial charge on any atom is 0.339 e. The van der Waals surface area contributed by atoms with Crippen molar-refractivity contribution in [1.29, 1.82) is 0 Å². The van der Waals surface area contributed by atoms with Crippen molar-refractivity contribution >= 4 is 11.8 Å². The Hall–Kier alpha value is -1.62. The Morgan fingerprint density at radius 1 is 1.37 bits per heavy atom. The lowest BCUT2D eigenvalue weighted by atomic mass is 10.1. The number of rotatable bonds is 5. The van der Waals surface area contributed by atoms with Crippen LogP contribution in [0.5, 0.6) is 0 Å². The number of aromatic carboxylic acids is 1. The van der Waals surface area contributed by atoms with Gasteiger partial charge in [0.15, 0.2) is 0 Å². The van der Waals surface area contributed by atoms with Crippen molar-refractivity contribution in [2.75, 3.05) is 31.5 Å². The molecule has 0 unspecified atom stereocenters. The van der Waals surface area contributed by atoms with E-state index < -0.39 is 5.97 Å². The predicted molar refractivity (Wildman–Crippen MR) is 74.7 cm³/mol. The van der Waals surface area contributed by atoms with Crippen LogP contribution < -0.4 is 5.32 Å². The van der Waals surface area contributed by atoms with Gasteiger partial charge in [-0.1, -0.05) is 6.42 Å². The van der Waals surface area contributed by atoms with Gasteiger partial charge in [-0.2, -0.15) is 0 Å². The summed E-state index contributed by atoms with van der Waals surface area (Å²) in [6.45, 7) is 5.83. The molecule has 0 aromatic carbocycles. The van der Waals surface area contributed by atoms with E-state index in [4.69, 9.17) is 5.11 Å². The molecule has 0 atom stereocenters. The minimum Gasteiger partial charge on any atom is -0.478 e. The third-order valence-electron chi connectivity index (χ3n) is 3.43. The largest absolute Gasteiger partial charge is 0.478 e. The second-order valence-corrected chi connectivity index (χ2v) is 4.98. The quantitative estimate of drug-likeness (QED) is 0.850. The molecular formula is C14H21N3O2. The number of anilines is 1. The standard InChI is InChI=1S/C14H21N3O2/c1-11-5-6-12(14(18)19)13(16-11)15-7-10-17-8-3-2-4-9-17/h5-6H,2-4,7-10H2,1H3,(H,15,16)(H,18,19). The highest BCUT2D eigenvalue weighted by Crippen LogP contribution is 2.13. The van der Waals surface area contributed by atoms with Crippen molar-refractivity contribution in [3.05, 3.63) is 23.4 Å². The number of hydrogen-bond donors (Lipinski definition) is 2. The summed E-state index contributed by atoms with van der Waals surface area (Å²) >= 11 is 0. The molecule has 5 nitrogen and oxygen atoms in total. The third kappa shape index (κ3) is 3.92. The first kappa shape index (κ1) is 13.8. The first-order valence-electron chi connectivity index (χ1n) is 6.84. The number of nitrogens with one attached hydrogen (secondary N) is 1. The number of carboxylic acids is 1. The number of likely N-dealkylation sites (tertiary alicyclic amines) is 1. The minimum atomic E-state index is -0.937. The highest BCUT2D eigenvalue weighted by molar-refractivity contribution is 5.93. The summed E-state index contributed by atoms with van der Waals surface area (Å²) in [6, 6.07) is 3.33. The van der Waals surface area contributed by atoms with E-state index in [1.54, 1.807) is 12.1 Å². The lowest BCUT2D eigenvalue weighted by Crippen LogP contribution is -2.34. The molecule has 0 spiro atoms. The van der Waals surface area contributed by atoms with Crippen molar-refractivity contribution in [3.8, 4) is 0 Å². The van der Waals surface area contributed by atoms with Crippen LogP contribution in [0, 0.1) is 6.92 Å². The zero-order valence-electron chi connectivity index (χ0n) is 11.4. The average molecular weight is 263 g/mol. The van der Waals surface area contributed by atoms with E-state index in [1.165, 1.54) is 19.3 Å². The van der Waals surface area contributed by atoms with Gasteiger partial charge in [0.05, 0.1) is 0 Å². The van der Waals surface area contributed by atoms with Crippen LogP contribution in [0.15, 0.2) is 12.1 Å². The van der Waals surface area contributed by atoms with Crippen molar-refractivity contribution in [2.45, 2.75) is 26.2 Å². The number of nitrogens with zero attached hydrogens (tertiary/aromatic N) is 2. The van der Waals surface area contributed by atoms with E-state index >= 15 is 0 Å². The number of hydrogen-bond acceptors (Lipinski definition) is 4. The zero-order chi connectivity index (χ0) is 13.7. The molecule has 1 aromatic rings. The monoisotopic (exact) mass is 263 g/mol. The SMILES string of the molecule is Cc1ccc(C(=O)O)c(NCCN2CCCCC2)n1. The molecule has 0 radical (unpaired) electrons. The van der Waals surface area contributed by atoms with Crippen LogP contribution in [-0.4, -0.2) is 47.1 Å². The van der Waals surface area contributed by atoms with E-state index in [-0.39, 0.29) is 5.56 Å². The Kier molecular flexibility index (Phi) is 4.74. The molecule has 1 fully saturated rings. The Morgan fingerprint density at radius 3 is 2.79 bits per heavy atom. The molecule has 1 aromatic heterocycles. The molecule has 1 saturated heterocycles. The number of aromatic nitrogens is 1. The summed E-state index contributed by atoms with van der Waals surface area (Å²) < 4.78 is 0. The first-order chi connectivity index (χ1) is 9.16. The molecule has 2 heterocycles. The molecule has 2 rings (SSSR count). The van der Waals surface area contributed by atoms with E-state index in [0.29, 0.717) is 5.82 Å².